The fourth-order valence-electron chi connectivity index (χ4n) is 9.27. The minimum atomic E-state index is -4.70. The molecule has 1 amide bonds. The molecule has 0 aliphatic rings. The molecule has 0 saturated heterocycles. The van der Waals surface area contributed by atoms with E-state index in [-0.39, 0.29) is 24.9 Å². The van der Waals surface area contributed by atoms with Crippen molar-refractivity contribution in [3.8, 4) is 0 Å². The third kappa shape index (κ3) is 56.5. The van der Waals surface area contributed by atoms with Crippen LogP contribution in [0.15, 0.2) is 48.6 Å². The highest BCUT2D eigenvalue weighted by atomic mass is 31.2. The Morgan fingerprint density at radius 2 is 0.813 bits per heavy atom. The van der Waals surface area contributed by atoms with E-state index >= 15 is 0 Å². The van der Waals surface area contributed by atoms with E-state index < -0.39 is 26.6 Å². The van der Waals surface area contributed by atoms with Crippen LogP contribution >= 0.6 is 7.82 Å². The molecule has 0 spiro atoms. The smallest absolute Gasteiger partial charge is 0.306 e. The average Bonchev–Trinajstić information content (AvgIpc) is 3.37. The van der Waals surface area contributed by atoms with Gasteiger partial charge in [0, 0.05) is 12.8 Å². The van der Waals surface area contributed by atoms with E-state index in [4.69, 9.17) is 13.8 Å². The van der Waals surface area contributed by atoms with Gasteiger partial charge in [0.1, 0.15) is 19.3 Å². The van der Waals surface area contributed by atoms with E-state index in [1.165, 1.54) is 186 Å². The molecule has 3 unspecified atom stereocenters. The standard InChI is InChI=1S/C65H123N2O7P/c1-7-10-13-16-19-22-25-27-29-30-31-32-33-34-35-36-38-40-43-46-49-52-55-58-65(69)74-63(56-53-50-47-44-41-24-21-18-15-12-9-3)62(61-73-75(70,71)72-60-59-67(4,5)6)66-64(68)57-54-51-48-45-42-39-37-28-26-23-20-17-14-11-8-2/h20,23,26-29,53,56,62-63H,7-19,21-22,24-25,30-52,54-55,57-61H2,1-6H3,(H-,66,68,70,71)/b23-20+,28-26+,29-27+,56-53-. The molecule has 9 nitrogen and oxygen atoms in total. The van der Waals surface area contributed by atoms with Crippen LogP contribution in [0, 0.1) is 0 Å². The third-order valence-electron chi connectivity index (χ3n) is 14.3. The zero-order valence-electron chi connectivity index (χ0n) is 50.3. The third-order valence-corrected chi connectivity index (χ3v) is 15.2. The van der Waals surface area contributed by atoms with Gasteiger partial charge in [-0.15, -0.1) is 0 Å². The van der Waals surface area contributed by atoms with E-state index in [1.807, 2.05) is 33.3 Å². The topological polar surface area (TPSA) is 114 Å². The summed E-state index contributed by atoms with van der Waals surface area (Å²) >= 11 is 0. The van der Waals surface area contributed by atoms with Crippen LogP contribution in [0.3, 0.4) is 0 Å². The number of phosphoric ester groups is 1. The summed E-state index contributed by atoms with van der Waals surface area (Å²) in [7, 11) is 1.18. The Morgan fingerprint density at radius 3 is 1.24 bits per heavy atom. The van der Waals surface area contributed by atoms with E-state index in [1.54, 1.807) is 0 Å². The lowest BCUT2D eigenvalue weighted by Gasteiger charge is -2.30. The summed E-state index contributed by atoms with van der Waals surface area (Å²) in [5.74, 6) is -0.546. The molecule has 1 N–H and O–H groups in total. The minimum Gasteiger partial charge on any atom is -0.756 e. The Balaban J connectivity index is 5.12. The van der Waals surface area contributed by atoms with Crippen LogP contribution in [0.2, 0.25) is 0 Å². The highest BCUT2D eigenvalue weighted by molar-refractivity contribution is 7.45. The van der Waals surface area contributed by atoms with Crippen molar-refractivity contribution < 1.29 is 37.3 Å². The second-order valence-corrected chi connectivity index (χ2v) is 24.3. The molecule has 0 aromatic carbocycles. The largest absolute Gasteiger partial charge is 0.756 e. The number of ether oxygens (including phenoxy) is 1. The molecule has 0 saturated carbocycles. The Hall–Kier alpha value is -2.03. The highest BCUT2D eigenvalue weighted by Gasteiger charge is 2.27. The number of likely N-dealkylation sites (N-methyl/N-ethyl adjacent to an activating group) is 1. The molecule has 3 atom stereocenters. The van der Waals surface area contributed by atoms with Gasteiger partial charge in [-0.25, -0.2) is 0 Å². The maximum Gasteiger partial charge on any atom is 0.306 e. The van der Waals surface area contributed by atoms with Gasteiger partial charge in [-0.05, 0) is 83.1 Å². The van der Waals surface area contributed by atoms with E-state index in [0.29, 0.717) is 17.4 Å². The first kappa shape index (κ1) is 73.0. The van der Waals surface area contributed by atoms with Crippen molar-refractivity contribution in [3.63, 3.8) is 0 Å². The summed E-state index contributed by atoms with van der Waals surface area (Å²) in [6.45, 7) is 6.82. The number of nitrogens with one attached hydrogen (secondary N) is 1. The van der Waals surface area contributed by atoms with Crippen molar-refractivity contribution in [3.05, 3.63) is 48.6 Å². The Labute approximate surface area is 465 Å². The fourth-order valence-corrected chi connectivity index (χ4v) is 10.00. The van der Waals surface area contributed by atoms with Crippen molar-refractivity contribution in [2.75, 3.05) is 40.9 Å². The number of carbonyl (C=O) groups is 2. The first-order valence-electron chi connectivity index (χ1n) is 32.0. The molecular formula is C65H123N2O7P. The van der Waals surface area contributed by atoms with Crippen LogP contribution < -0.4 is 10.2 Å². The number of amides is 1. The zero-order chi connectivity index (χ0) is 55.0. The quantitative estimate of drug-likeness (QED) is 0.0161. The summed E-state index contributed by atoms with van der Waals surface area (Å²) in [5.41, 5.74) is 0. The highest BCUT2D eigenvalue weighted by Crippen LogP contribution is 2.38. The Kier molecular flexibility index (Phi) is 53.8. The van der Waals surface area contributed by atoms with Crippen molar-refractivity contribution in [1.29, 1.82) is 0 Å². The van der Waals surface area contributed by atoms with Crippen molar-refractivity contribution in [2.24, 2.45) is 0 Å². The lowest BCUT2D eigenvalue weighted by molar-refractivity contribution is -0.870. The lowest BCUT2D eigenvalue weighted by Crippen LogP contribution is -2.47. The minimum absolute atomic E-state index is 0.0242. The summed E-state index contributed by atoms with van der Waals surface area (Å²) in [6, 6.07) is -0.892. The number of quaternary nitrogens is 1. The molecule has 0 aromatic heterocycles. The van der Waals surface area contributed by atoms with Crippen molar-refractivity contribution in [2.45, 2.75) is 315 Å². The molecule has 0 rings (SSSR count). The number of hydrogen-bond donors (Lipinski definition) is 1. The molecule has 0 radical (unpaired) electrons. The zero-order valence-corrected chi connectivity index (χ0v) is 51.2. The second kappa shape index (κ2) is 55.3. The van der Waals surface area contributed by atoms with Gasteiger partial charge < -0.3 is 28.5 Å². The molecular weight excluding hydrogens is 952 g/mol. The molecule has 10 heteroatoms. The number of carbonyl (C=O) groups excluding carboxylic acids is 2. The number of unbranched alkanes of at least 4 members (excludes halogenated alkanes) is 37. The molecule has 0 bridgehead atoms. The fraction of sp³-hybridized carbons (Fsp3) is 0.846. The van der Waals surface area contributed by atoms with Crippen LogP contribution in [0.1, 0.15) is 303 Å². The monoisotopic (exact) mass is 1070 g/mol. The maximum atomic E-state index is 13.5. The van der Waals surface area contributed by atoms with E-state index in [2.05, 4.69) is 62.5 Å². The first-order valence-corrected chi connectivity index (χ1v) is 33.4. The van der Waals surface area contributed by atoms with Gasteiger partial charge in [-0.2, -0.15) is 0 Å². The van der Waals surface area contributed by atoms with Crippen LogP contribution in [0.5, 0.6) is 0 Å². The van der Waals surface area contributed by atoms with Crippen LogP contribution in [0.25, 0.3) is 0 Å². The van der Waals surface area contributed by atoms with E-state index in [9.17, 15) is 19.0 Å². The summed E-state index contributed by atoms with van der Waals surface area (Å²) in [6.07, 6.45) is 68.0. The van der Waals surface area contributed by atoms with Crippen LogP contribution in [0.4, 0.5) is 0 Å². The predicted molar refractivity (Wildman–Crippen MR) is 321 cm³/mol. The number of nitrogens with zero attached hydrogens (tertiary/aromatic N) is 1. The second-order valence-electron chi connectivity index (χ2n) is 22.9. The van der Waals surface area contributed by atoms with E-state index in [0.717, 1.165) is 83.5 Å². The predicted octanol–water partition coefficient (Wildman–Crippen LogP) is 19.0. The summed E-state index contributed by atoms with van der Waals surface area (Å²) in [4.78, 5) is 40.0. The molecule has 0 aliphatic heterocycles. The molecule has 0 fully saturated rings. The number of rotatable bonds is 58. The Bertz CT molecular complexity index is 1420. The number of phosphoric acid groups is 1. The van der Waals surface area contributed by atoms with Crippen LogP contribution in [-0.4, -0.2) is 69.4 Å². The normalized spacial score (nSPS) is 14.0. The molecule has 75 heavy (non-hydrogen) atoms. The number of esters is 1. The summed E-state index contributed by atoms with van der Waals surface area (Å²) in [5, 5.41) is 3.02. The van der Waals surface area contributed by atoms with Crippen LogP contribution in [-0.2, 0) is 27.9 Å². The average molecular weight is 1080 g/mol. The van der Waals surface area contributed by atoms with Gasteiger partial charge >= 0.3 is 5.97 Å². The summed E-state index contributed by atoms with van der Waals surface area (Å²) < 4.78 is 30.3. The number of hydrogen-bond acceptors (Lipinski definition) is 7. The SMILES string of the molecule is CCCCC/C=C/C=C/CCCCCCCCC(=O)NC(COP(=O)([O-])OCC[N+](C)(C)C)C(/C=C\CCCCCCCCCCC)OC(=O)CCCCCCCCCCCCCCC/C=C/CCCCCCCC. The lowest BCUT2D eigenvalue weighted by atomic mass is 10.0. The Morgan fingerprint density at radius 1 is 0.467 bits per heavy atom. The maximum absolute atomic E-state index is 13.5. The van der Waals surface area contributed by atoms with Gasteiger partial charge in [0.05, 0.1) is 33.8 Å². The van der Waals surface area contributed by atoms with Gasteiger partial charge in [0.15, 0.2) is 0 Å². The van der Waals surface area contributed by atoms with Gasteiger partial charge in [0.25, 0.3) is 7.82 Å². The van der Waals surface area contributed by atoms with Gasteiger partial charge in [-0.3, -0.25) is 14.2 Å². The van der Waals surface area contributed by atoms with Crippen molar-refractivity contribution in [1.82, 2.24) is 5.32 Å². The molecule has 440 valence electrons. The van der Waals surface area contributed by atoms with Crippen molar-refractivity contribution >= 4 is 19.7 Å². The molecule has 0 heterocycles. The van der Waals surface area contributed by atoms with Gasteiger partial charge in [-0.1, -0.05) is 256 Å². The molecule has 0 aromatic rings. The van der Waals surface area contributed by atoms with Gasteiger partial charge in [0.2, 0.25) is 5.91 Å². The number of allylic oxidation sites excluding steroid dienone is 7. The molecule has 0 aliphatic carbocycles. The first-order chi connectivity index (χ1) is 36.4.